The van der Waals surface area contributed by atoms with Gasteiger partial charge in [0.25, 0.3) is 0 Å². The van der Waals surface area contributed by atoms with Crippen LogP contribution >= 0.6 is 0 Å². The van der Waals surface area contributed by atoms with E-state index in [0.717, 1.165) is 6.42 Å². The van der Waals surface area contributed by atoms with E-state index in [1.54, 1.807) is 0 Å². The predicted molar refractivity (Wildman–Crippen MR) is 41.9 cm³/mol. The zero-order valence-corrected chi connectivity index (χ0v) is 6.80. The first kappa shape index (κ1) is 8.02. The first-order valence-corrected chi connectivity index (χ1v) is 4.18. The number of rotatable bonds is 2. The van der Waals surface area contributed by atoms with E-state index in [0.29, 0.717) is 12.1 Å². The minimum Gasteiger partial charge on any atom is -0.391 e. The summed E-state index contributed by atoms with van der Waals surface area (Å²) in [5.74, 6) is 0. The molecule has 1 fully saturated rings. The maximum absolute atomic E-state index is 9.33. The lowest BCUT2D eigenvalue weighted by Crippen LogP contribution is -2.29. The second-order valence-corrected chi connectivity index (χ2v) is 3.24. The molecule has 0 aliphatic carbocycles. The van der Waals surface area contributed by atoms with Crippen molar-refractivity contribution in [1.82, 2.24) is 5.32 Å². The Labute approximate surface area is 62.6 Å². The fourth-order valence-electron chi connectivity index (χ4n) is 1.60. The van der Waals surface area contributed by atoms with Gasteiger partial charge in [0.05, 0.1) is 6.10 Å². The van der Waals surface area contributed by atoms with Gasteiger partial charge in [-0.05, 0) is 19.8 Å². The zero-order chi connectivity index (χ0) is 7.56. The molecule has 2 N–H and O–H groups in total. The van der Waals surface area contributed by atoms with E-state index in [-0.39, 0.29) is 6.10 Å². The molecule has 1 saturated heterocycles. The molecular weight excluding hydrogens is 126 g/mol. The molecule has 3 atom stereocenters. The second kappa shape index (κ2) is 3.35. The molecular formula is C8H17NO. The molecule has 2 nitrogen and oxygen atoms in total. The highest BCUT2D eigenvalue weighted by Crippen LogP contribution is 2.16. The van der Waals surface area contributed by atoms with Crippen LogP contribution in [0.3, 0.4) is 0 Å². The summed E-state index contributed by atoms with van der Waals surface area (Å²) in [4.78, 5) is 0. The first-order valence-electron chi connectivity index (χ1n) is 4.18. The van der Waals surface area contributed by atoms with Gasteiger partial charge in [0.1, 0.15) is 0 Å². The van der Waals surface area contributed by atoms with Crippen LogP contribution in [0.2, 0.25) is 0 Å². The monoisotopic (exact) mass is 143 g/mol. The van der Waals surface area contributed by atoms with Gasteiger partial charge in [0.15, 0.2) is 0 Å². The van der Waals surface area contributed by atoms with E-state index < -0.39 is 0 Å². The Hall–Kier alpha value is -0.0800. The second-order valence-electron chi connectivity index (χ2n) is 3.24. The van der Waals surface area contributed by atoms with E-state index in [4.69, 9.17) is 0 Å². The lowest BCUT2D eigenvalue weighted by atomic mass is 10.1. The standard InChI is InChI=1S/C8H17NO/c1-3-4-7-5-8(10)6(2)9-7/h6-10H,3-5H2,1-2H3/t6-,7+,8-/m1/s1. The summed E-state index contributed by atoms with van der Waals surface area (Å²) in [7, 11) is 0. The van der Waals surface area contributed by atoms with E-state index >= 15 is 0 Å². The molecule has 0 aromatic heterocycles. The van der Waals surface area contributed by atoms with Gasteiger partial charge in [-0.1, -0.05) is 13.3 Å². The van der Waals surface area contributed by atoms with Crippen LogP contribution in [0.25, 0.3) is 0 Å². The summed E-state index contributed by atoms with van der Waals surface area (Å²) in [6.07, 6.45) is 3.23. The van der Waals surface area contributed by atoms with Crippen molar-refractivity contribution < 1.29 is 5.11 Å². The van der Waals surface area contributed by atoms with Gasteiger partial charge < -0.3 is 10.4 Å². The van der Waals surface area contributed by atoms with Gasteiger partial charge in [0.2, 0.25) is 0 Å². The largest absolute Gasteiger partial charge is 0.391 e. The number of hydrogen-bond acceptors (Lipinski definition) is 2. The van der Waals surface area contributed by atoms with Gasteiger partial charge in [-0.15, -0.1) is 0 Å². The molecule has 0 spiro atoms. The summed E-state index contributed by atoms with van der Waals surface area (Å²) >= 11 is 0. The molecule has 0 amide bonds. The summed E-state index contributed by atoms with van der Waals surface area (Å²) in [6, 6.07) is 0.867. The average molecular weight is 143 g/mol. The van der Waals surface area contributed by atoms with Gasteiger partial charge in [0, 0.05) is 12.1 Å². The zero-order valence-electron chi connectivity index (χ0n) is 6.80. The number of hydrogen-bond donors (Lipinski definition) is 2. The third kappa shape index (κ3) is 1.70. The lowest BCUT2D eigenvalue weighted by molar-refractivity contribution is 0.164. The van der Waals surface area contributed by atoms with Crippen molar-refractivity contribution in [2.24, 2.45) is 0 Å². The Morgan fingerprint density at radius 1 is 1.60 bits per heavy atom. The molecule has 1 rings (SSSR count). The molecule has 0 saturated carbocycles. The van der Waals surface area contributed by atoms with Crippen molar-refractivity contribution in [2.75, 3.05) is 0 Å². The SMILES string of the molecule is CCC[C@H]1C[C@@H](O)[C@@H](C)N1. The average Bonchev–Trinajstić information content (AvgIpc) is 2.14. The van der Waals surface area contributed by atoms with Gasteiger partial charge in [-0.25, -0.2) is 0 Å². The van der Waals surface area contributed by atoms with Crippen LogP contribution in [-0.2, 0) is 0 Å². The van der Waals surface area contributed by atoms with Gasteiger partial charge in [-0.2, -0.15) is 0 Å². The molecule has 1 aliphatic rings. The maximum Gasteiger partial charge on any atom is 0.0705 e. The normalized spacial score (nSPS) is 40.5. The van der Waals surface area contributed by atoms with Crippen molar-refractivity contribution >= 4 is 0 Å². The molecule has 0 bridgehead atoms. The topological polar surface area (TPSA) is 32.3 Å². The minimum atomic E-state index is -0.114. The summed E-state index contributed by atoms with van der Waals surface area (Å²) in [6.45, 7) is 4.22. The molecule has 0 aromatic carbocycles. The first-order chi connectivity index (χ1) is 4.74. The highest BCUT2D eigenvalue weighted by Gasteiger charge is 2.27. The Morgan fingerprint density at radius 3 is 2.70 bits per heavy atom. The lowest BCUT2D eigenvalue weighted by Gasteiger charge is -2.08. The van der Waals surface area contributed by atoms with Crippen molar-refractivity contribution in [2.45, 2.75) is 51.3 Å². The highest BCUT2D eigenvalue weighted by atomic mass is 16.3. The fourth-order valence-corrected chi connectivity index (χ4v) is 1.60. The van der Waals surface area contributed by atoms with Crippen molar-refractivity contribution in [3.8, 4) is 0 Å². The van der Waals surface area contributed by atoms with Gasteiger partial charge in [-0.3, -0.25) is 0 Å². The summed E-state index contributed by atoms with van der Waals surface area (Å²) in [5.41, 5.74) is 0. The predicted octanol–water partition coefficient (Wildman–Crippen LogP) is 0.898. The molecule has 2 heteroatoms. The molecule has 60 valence electrons. The molecule has 10 heavy (non-hydrogen) atoms. The molecule has 0 unspecified atom stereocenters. The molecule has 1 aliphatic heterocycles. The van der Waals surface area contributed by atoms with E-state index in [2.05, 4.69) is 12.2 Å². The van der Waals surface area contributed by atoms with E-state index in [1.807, 2.05) is 6.92 Å². The molecule has 1 heterocycles. The van der Waals surface area contributed by atoms with Crippen LogP contribution in [0.5, 0.6) is 0 Å². The van der Waals surface area contributed by atoms with Crippen molar-refractivity contribution in [3.05, 3.63) is 0 Å². The van der Waals surface area contributed by atoms with Crippen LogP contribution in [0.15, 0.2) is 0 Å². The van der Waals surface area contributed by atoms with E-state index in [9.17, 15) is 5.11 Å². The third-order valence-corrected chi connectivity index (χ3v) is 2.24. The van der Waals surface area contributed by atoms with E-state index in [1.165, 1.54) is 12.8 Å². The Balaban J connectivity index is 2.27. The van der Waals surface area contributed by atoms with Gasteiger partial charge >= 0.3 is 0 Å². The molecule has 0 radical (unpaired) electrons. The summed E-state index contributed by atoms with van der Waals surface area (Å²) in [5, 5.41) is 12.7. The molecule has 0 aromatic rings. The van der Waals surface area contributed by atoms with Crippen LogP contribution in [0.4, 0.5) is 0 Å². The van der Waals surface area contributed by atoms with Crippen LogP contribution in [-0.4, -0.2) is 23.3 Å². The smallest absolute Gasteiger partial charge is 0.0705 e. The summed E-state index contributed by atoms with van der Waals surface area (Å²) < 4.78 is 0. The number of aliphatic hydroxyl groups is 1. The minimum absolute atomic E-state index is 0.114. The third-order valence-electron chi connectivity index (χ3n) is 2.24. The quantitative estimate of drug-likeness (QED) is 0.602. The Bertz CT molecular complexity index is 95.4. The van der Waals surface area contributed by atoms with Crippen LogP contribution in [0, 0.1) is 0 Å². The van der Waals surface area contributed by atoms with Crippen LogP contribution in [0.1, 0.15) is 33.1 Å². The van der Waals surface area contributed by atoms with Crippen molar-refractivity contribution in [3.63, 3.8) is 0 Å². The Morgan fingerprint density at radius 2 is 2.30 bits per heavy atom. The highest BCUT2D eigenvalue weighted by molar-refractivity contribution is 4.87. The maximum atomic E-state index is 9.33. The van der Waals surface area contributed by atoms with Crippen molar-refractivity contribution in [1.29, 1.82) is 0 Å². The Kier molecular flexibility index (Phi) is 2.69. The number of nitrogens with one attached hydrogen (secondary N) is 1. The fraction of sp³-hybridized carbons (Fsp3) is 1.00. The number of aliphatic hydroxyl groups excluding tert-OH is 1. The van der Waals surface area contributed by atoms with Crippen LogP contribution < -0.4 is 5.32 Å².